The van der Waals surface area contributed by atoms with Crippen molar-refractivity contribution in [1.82, 2.24) is 10.2 Å². The molecular weight excluding hydrogens is 383 g/mol. The van der Waals surface area contributed by atoms with E-state index in [1.807, 2.05) is 0 Å². The highest BCUT2D eigenvalue weighted by Crippen LogP contribution is 2.32. The molecule has 1 aromatic heterocycles. The Morgan fingerprint density at radius 1 is 1.11 bits per heavy atom. The first-order chi connectivity index (χ1) is 13.3. The molecule has 0 amide bonds. The molecule has 0 unspecified atom stereocenters. The Bertz CT molecular complexity index is 1020. The lowest BCUT2D eigenvalue weighted by atomic mass is 10.1. The average Bonchev–Trinajstić information content (AvgIpc) is 3.14. The number of nitro benzene ring substituents is 1. The number of aromatic nitrogens is 2. The number of rotatable bonds is 5. The highest BCUT2D eigenvalue weighted by atomic mass is 19.4. The summed E-state index contributed by atoms with van der Waals surface area (Å²) < 4.78 is 48.9. The van der Waals surface area contributed by atoms with Gasteiger partial charge in [0.2, 0.25) is 5.89 Å². The molecule has 0 fully saturated rings. The fourth-order valence-corrected chi connectivity index (χ4v) is 2.27. The van der Waals surface area contributed by atoms with Crippen LogP contribution in [-0.4, -0.2) is 21.1 Å². The van der Waals surface area contributed by atoms with E-state index >= 15 is 0 Å². The van der Waals surface area contributed by atoms with Gasteiger partial charge in [0.05, 0.1) is 16.1 Å². The van der Waals surface area contributed by atoms with Gasteiger partial charge in [-0.1, -0.05) is 12.1 Å². The van der Waals surface area contributed by atoms with Crippen molar-refractivity contribution in [1.29, 1.82) is 0 Å². The number of hydrogen-bond acceptors (Lipinski definition) is 7. The SMILES string of the molecule is O=C(OCc1nnc(-c2ccc([N+](=O)[O-])cc2)o1)c1ccccc1C(F)(F)F. The summed E-state index contributed by atoms with van der Waals surface area (Å²) in [6, 6.07) is 9.49. The van der Waals surface area contributed by atoms with Crippen LogP contribution in [0.25, 0.3) is 11.5 Å². The lowest BCUT2D eigenvalue weighted by Crippen LogP contribution is -2.15. The minimum atomic E-state index is -4.71. The Morgan fingerprint density at radius 2 is 1.79 bits per heavy atom. The molecule has 0 atom stereocenters. The Hall–Kier alpha value is -3.76. The molecule has 0 saturated carbocycles. The third-order valence-corrected chi connectivity index (χ3v) is 3.57. The third-order valence-electron chi connectivity index (χ3n) is 3.57. The van der Waals surface area contributed by atoms with E-state index in [0.29, 0.717) is 5.56 Å². The first kappa shape index (κ1) is 19.0. The summed E-state index contributed by atoms with van der Waals surface area (Å²) in [4.78, 5) is 22.1. The minimum Gasteiger partial charge on any atom is -0.452 e. The second kappa shape index (κ2) is 7.47. The van der Waals surface area contributed by atoms with Gasteiger partial charge >= 0.3 is 12.1 Å². The standard InChI is InChI=1S/C17H10F3N3O5/c18-17(19,20)13-4-2-1-3-12(13)16(24)27-9-14-21-22-15(28-14)10-5-7-11(8-6-10)23(25)26/h1-8H,9H2. The van der Waals surface area contributed by atoms with E-state index in [1.54, 1.807) is 0 Å². The number of non-ortho nitro benzene ring substituents is 1. The lowest BCUT2D eigenvalue weighted by Gasteiger charge is -2.11. The van der Waals surface area contributed by atoms with Crippen LogP contribution in [0.3, 0.4) is 0 Å². The van der Waals surface area contributed by atoms with Crippen LogP contribution in [0, 0.1) is 10.1 Å². The normalized spacial score (nSPS) is 11.2. The van der Waals surface area contributed by atoms with Gasteiger partial charge in [-0.2, -0.15) is 13.2 Å². The number of alkyl halides is 3. The average molecular weight is 393 g/mol. The predicted molar refractivity (Wildman–Crippen MR) is 87.0 cm³/mol. The molecule has 3 aromatic rings. The van der Waals surface area contributed by atoms with Gasteiger partial charge in [0.25, 0.3) is 11.6 Å². The van der Waals surface area contributed by atoms with Gasteiger partial charge in [-0.3, -0.25) is 10.1 Å². The van der Waals surface area contributed by atoms with E-state index < -0.39 is 34.8 Å². The molecule has 0 spiro atoms. The predicted octanol–water partition coefficient (Wildman–Crippen LogP) is 4.02. The number of benzene rings is 2. The van der Waals surface area contributed by atoms with Crippen molar-refractivity contribution in [3.05, 3.63) is 75.7 Å². The van der Waals surface area contributed by atoms with Crippen LogP contribution in [0.1, 0.15) is 21.8 Å². The maximum absolute atomic E-state index is 13.0. The fraction of sp³-hybridized carbons (Fsp3) is 0.118. The van der Waals surface area contributed by atoms with Gasteiger partial charge < -0.3 is 9.15 Å². The smallest absolute Gasteiger partial charge is 0.417 e. The van der Waals surface area contributed by atoms with Gasteiger partial charge in [0.15, 0.2) is 6.61 Å². The summed E-state index contributed by atoms with van der Waals surface area (Å²) in [5, 5.41) is 18.0. The van der Waals surface area contributed by atoms with Crippen molar-refractivity contribution in [3.63, 3.8) is 0 Å². The third kappa shape index (κ3) is 4.14. The van der Waals surface area contributed by atoms with E-state index in [0.717, 1.165) is 18.2 Å². The number of nitrogens with zero attached hydrogens (tertiary/aromatic N) is 3. The zero-order valence-corrected chi connectivity index (χ0v) is 13.8. The van der Waals surface area contributed by atoms with Crippen molar-refractivity contribution in [2.45, 2.75) is 12.8 Å². The second-order valence-corrected chi connectivity index (χ2v) is 5.42. The van der Waals surface area contributed by atoms with Gasteiger partial charge in [0.1, 0.15) is 0 Å². The van der Waals surface area contributed by atoms with E-state index in [4.69, 9.17) is 9.15 Å². The van der Waals surface area contributed by atoms with Gasteiger partial charge in [-0.15, -0.1) is 10.2 Å². The topological polar surface area (TPSA) is 108 Å². The minimum absolute atomic E-state index is 0.0108. The Balaban J connectivity index is 1.70. The van der Waals surface area contributed by atoms with E-state index in [9.17, 15) is 28.1 Å². The summed E-state index contributed by atoms with van der Waals surface area (Å²) in [7, 11) is 0. The van der Waals surface area contributed by atoms with Crippen LogP contribution in [0.15, 0.2) is 52.9 Å². The second-order valence-electron chi connectivity index (χ2n) is 5.42. The molecule has 0 bridgehead atoms. The van der Waals surface area contributed by atoms with Crippen molar-refractivity contribution in [2.75, 3.05) is 0 Å². The number of carbonyl (C=O) groups is 1. The molecule has 1 heterocycles. The summed E-state index contributed by atoms with van der Waals surface area (Å²) >= 11 is 0. The van der Waals surface area contributed by atoms with Gasteiger partial charge in [-0.05, 0) is 24.3 Å². The Morgan fingerprint density at radius 3 is 2.43 bits per heavy atom. The zero-order valence-electron chi connectivity index (χ0n) is 13.8. The van der Waals surface area contributed by atoms with Crippen LogP contribution in [0.5, 0.6) is 0 Å². The highest BCUT2D eigenvalue weighted by molar-refractivity contribution is 5.91. The van der Waals surface area contributed by atoms with Crippen LogP contribution >= 0.6 is 0 Å². The number of ether oxygens (including phenoxy) is 1. The quantitative estimate of drug-likeness (QED) is 0.366. The molecule has 3 rings (SSSR count). The Kier molecular flexibility index (Phi) is 5.07. The molecule has 144 valence electrons. The van der Waals surface area contributed by atoms with Crippen LogP contribution in [-0.2, 0) is 17.5 Å². The molecule has 2 aromatic carbocycles. The van der Waals surface area contributed by atoms with E-state index in [-0.39, 0.29) is 17.5 Å². The first-order valence-electron chi connectivity index (χ1n) is 7.66. The molecule has 0 radical (unpaired) electrons. The van der Waals surface area contributed by atoms with Crippen LogP contribution in [0.4, 0.5) is 18.9 Å². The zero-order chi connectivity index (χ0) is 20.3. The highest BCUT2D eigenvalue weighted by Gasteiger charge is 2.35. The maximum Gasteiger partial charge on any atom is 0.417 e. The molecule has 0 aliphatic rings. The van der Waals surface area contributed by atoms with Crippen molar-refractivity contribution >= 4 is 11.7 Å². The molecule has 28 heavy (non-hydrogen) atoms. The van der Waals surface area contributed by atoms with Gasteiger partial charge in [0, 0.05) is 17.7 Å². The fourth-order valence-electron chi connectivity index (χ4n) is 2.27. The summed E-state index contributed by atoms with van der Waals surface area (Å²) in [6.07, 6.45) is -4.71. The molecule has 8 nitrogen and oxygen atoms in total. The Labute approximate surface area is 154 Å². The molecule has 0 saturated heterocycles. The van der Waals surface area contributed by atoms with Crippen LogP contribution < -0.4 is 0 Å². The molecular formula is C17H10F3N3O5. The van der Waals surface area contributed by atoms with E-state index in [1.165, 1.54) is 30.3 Å². The van der Waals surface area contributed by atoms with Gasteiger partial charge in [-0.25, -0.2) is 4.79 Å². The van der Waals surface area contributed by atoms with Crippen molar-refractivity contribution < 1.29 is 32.0 Å². The van der Waals surface area contributed by atoms with E-state index in [2.05, 4.69) is 10.2 Å². The number of esters is 1. The first-order valence-corrected chi connectivity index (χ1v) is 7.66. The van der Waals surface area contributed by atoms with Crippen molar-refractivity contribution in [3.8, 4) is 11.5 Å². The van der Waals surface area contributed by atoms with Crippen molar-refractivity contribution in [2.24, 2.45) is 0 Å². The maximum atomic E-state index is 13.0. The number of carbonyl (C=O) groups excluding carboxylic acids is 1. The monoisotopic (exact) mass is 393 g/mol. The number of nitro groups is 1. The molecule has 0 aliphatic carbocycles. The number of halogens is 3. The van der Waals surface area contributed by atoms with Crippen LogP contribution in [0.2, 0.25) is 0 Å². The molecule has 0 aliphatic heterocycles. The molecule has 0 N–H and O–H groups in total. The summed E-state index contributed by atoms with van der Waals surface area (Å²) in [6.45, 7) is -0.537. The molecule has 11 heteroatoms. The largest absolute Gasteiger partial charge is 0.452 e. The number of hydrogen-bond donors (Lipinski definition) is 0. The summed E-state index contributed by atoms with van der Waals surface area (Å²) in [5.41, 5.74) is -1.49. The summed E-state index contributed by atoms with van der Waals surface area (Å²) in [5.74, 6) is -1.33. The lowest BCUT2D eigenvalue weighted by molar-refractivity contribution is -0.384.